The Morgan fingerprint density at radius 3 is 1.47 bits per heavy atom. The van der Waals surface area contributed by atoms with Crippen LogP contribution >= 0.6 is 11.8 Å². The minimum Gasteiger partial charge on any atom is -0.390 e. The van der Waals surface area contributed by atoms with E-state index in [0.717, 1.165) is 43.6 Å². The van der Waals surface area contributed by atoms with Crippen LogP contribution < -0.4 is 0 Å². The smallest absolute Gasteiger partial charge is 0.0929 e. The first-order chi connectivity index (χ1) is 16.7. The van der Waals surface area contributed by atoms with Gasteiger partial charge in [0.05, 0.1) is 24.4 Å². The molecular formula is C30H58O3S. The van der Waals surface area contributed by atoms with E-state index >= 15 is 0 Å². The number of rotatable bonds is 24. The van der Waals surface area contributed by atoms with Crippen molar-refractivity contribution < 1.29 is 14.9 Å². The summed E-state index contributed by atoms with van der Waals surface area (Å²) in [7, 11) is 0. The molecule has 2 N–H and O–H groups in total. The molecular weight excluding hydrogens is 440 g/mol. The quantitative estimate of drug-likeness (QED) is 0.103. The first-order valence-electron chi connectivity index (χ1n) is 14.9. The number of unbranched alkanes of at least 4 members (excludes halogenated alkanes) is 17. The number of hydrogen-bond acceptors (Lipinski definition) is 4. The van der Waals surface area contributed by atoms with E-state index in [1.807, 2.05) is 17.8 Å². The van der Waals surface area contributed by atoms with Crippen molar-refractivity contribution in [1.29, 1.82) is 0 Å². The van der Waals surface area contributed by atoms with Gasteiger partial charge in [0.1, 0.15) is 0 Å². The maximum atomic E-state index is 10.6. The van der Waals surface area contributed by atoms with Gasteiger partial charge in [-0.2, -0.15) is 11.8 Å². The van der Waals surface area contributed by atoms with E-state index in [2.05, 4.69) is 13.5 Å². The van der Waals surface area contributed by atoms with Crippen molar-refractivity contribution in [3.63, 3.8) is 0 Å². The van der Waals surface area contributed by atoms with E-state index in [-0.39, 0.29) is 18.3 Å². The average Bonchev–Trinajstić information content (AvgIpc) is 2.86. The molecule has 1 heterocycles. The van der Waals surface area contributed by atoms with Crippen molar-refractivity contribution in [2.24, 2.45) is 0 Å². The number of hydrogen-bond donors (Lipinski definition) is 2. The van der Waals surface area contributed by atoms with Gasteiger partial charge in [0.15, 0.2) is 0 Å². The Labute approximate surface area is 216 Å². The third kappa shape index (κ3) is 17.4. The maximum Gasteiger partial charge on any atom is 0.0929 e. The maximum absolute atomic E-state index is 10.6. The zero-order valence-electron chi connectivity index (χ0n) is 22.6. The van der Waals surface area contributed by atoms with E-state index in [1.165, 1.54) is 103 Å². The van der Waals surface area contributed by atoms with Gasteiger partial charge in [0, 0.05) is 11.5 Å². The molecule has 3 nitrogen and oxygen atoms in total. The topological polar surface area (TPSA) is 49.7 Å². The van der Waals surface area contributed by atoms with Crippen LogP contribution in [0.15, 0.2) is 12.7 Å². The van der Waals surface area contributed by atoms with Gasteiger partial charge in [0.25, 0.3) is 0 Å². The molecule has 0 radical (unpaired) electrons. The summed E-state index contributed by atoms with van der Waals surface area (Å²) in [6, 6.07) is 0. The lowest BCUT2D eigenvalue weighted by molar-refractivity contribution is -0.105. The second kappa shape index (κ2) is 23.4. The van der Waals surface area contributed by atoms with Crippen molar-refractivity contribution in [1.82, 2.24) is 0 Å². The molecule has 0 saturated carbocycles. The molecule has 0 amide bonds. The molecule has 4 heteroatoms. The van der Waals surface area contributed by atoms with Crippen molar-refractivity contribution in [2.75, 3.05) is 11.5 Å². The van der Waals surface area contributed by atoms with Gasteiger partial charge < -0.3 is 14.9 Å². The van der Waals surface area contributed by atoms with Gasteiger partial charge in [0.2, 0.25) is 0 Å². The molecule has 0 bridgehead atoms. The predicted molar refractivity (Wildman–Crippen MR) is 151 cm³/mol. The number of aliphatic hydroxyl groups excluding tert-OH is 2. The van der Waals surface area contributed by atoms with E-state index in [1.54, 1.807) is 0 Å². The molecule has 0 spiro atoms. The molecule has 1 fully saturated rings. The first kappa shape index (κ1) is 32.0. The fourth-order valence-electron chi connectivity index (χ4n) is 4.92. The zero-order valence-corrected chi connectivity index (χ0v) is 23.4. The standard InChI is InChI=1S/C30H58O3S/c1-3-5-7-9-11-13-15-17-19-21-23-27(31)29-25-34-26-30(33-29)28(32)24-22-20-18-16-14-12-10-8-6-4-2/h3,27-32H,1,4-26H2,2H3/t27-,28-,29-,30-/m1/s1. The Bertz CT molecular complexity index is 445. The highest BCUT2D eigenvalue weighted by atomic mass is 32.2. The van der Waals surface area contributed by atoms with Gasteiger partial charge in [-0.05, 0) is 25.7 Å². The second-order valence-corrected chi connectivity index (χ2v) is 11.6. The lowest BCUT2D eigenvalue weighted by Crippen LogP contribution is -2.44. The summed E-state index contributed by atoms with van der Waals surface area (Å²) in [4.78, 5) is 0. The summed E-state index contributed by atoms with van der Waals surface area (Å²) < 4.78 is 6.17. The highest BCUT2D eigenvalue weighted by Crippen LogP contribution is 2.26. The highest BCUT2D eigenvalue weighted by Gasteiger charge is 2.31. The normalized spacial score (nSPS) is 20.3. The van der Waals surface area contributed by atoms with Crippen LogP contribution in [0.1, 0.15) is 142 Å². The van der Waals surface area contributed by atoms with Crippen molar-refractivity contribution in [2.45, 2.75) is 166 Å². The predicted octanol–water partition coefficient (Wildman–Crippen LogP) is 8.61. The fraction of sp³-hybridized carbons (Fsp3) is 0.933. The summed E-state index contributed by atoms with van der Waals surface area (Å²) in [5.74, 6) is 1.71. The van der Waals surface area contributed by atoms with Crippen LogP contribution in [0.2, 0.25) is 0 Å². The van der Waals surface area contributed by atoms with E-state index < -0.39 is 6.10 Å². The SMILES string of the molecule is C=CCCCCCCCCCC[C@@H](O)[C@H]1CSC[C@H]([C@H](O)CCCCCCCCCCCC)O1. The molecule has 1 aliphatic rings. The number of thioether (sulfide) groups is 1. The van der Waals surface area contributed by atoms with Gasteiger partial charge in [-0.25, -0.2) is 0 Å². The molecule has 0 aromatic rings. The van der Waals surface area contributed by atoms with Gasteiger partial charge in [-0.1, -0.05) is 122 Å². The van der Waals surface area contributed by atoms with Crippen LogP contribution in [0.5, 0.6) is 0 Å². The largest absolute Gasteiger partial charge is 0.390 e. The Morgan fingerprint density at radius 2 is 1.06 bits per heavy atom. The second-order valence-electron chi connectivity index (χ2n) is 10.6. The molecule has 1 saturated heterocycles. The van der Waals surface area contributed by atoms with Gasteiger partial charge in [-0.15, -0.1) is 6.58 Å². The molecule has 0 unspecified atom stereocenters. The summed E-state index contributed by atoms with van der Waals surface area (Å²) in [5, 5.41) is 21.3. The minimum atomic E-state index is -0.390. The number of allylic oxidation sites excluding steroid dienone is 1. The summed E-state index contributed by atoms with van der Waals surface area (Å²) in [5.41, 5.74) is 0. The average molecular weight is 499 g/mol. The Balaban J connectivity index is 2.02. The Morgan fingerprint density at radius 1 is 0.676 bits per heavy atom. The summed E-state index contributed by atoms with van der Waals surface area (Å²) in [6.45, 7) is 6.05. The molecule has 4 atom stereocenters. The Kier molecular flexibility index (Phi) is 22.0. The van der Waals surface area contributed by atoms with Crippen LogP contribution in [0, 0.1) is 0 Å². The van der Waals surface area contributed by atoms with E-state index in [4.69, 9.17) is 4.74 Å². The third-order valence-electron chi connectivity index (χ3n) is 7.28. The van der Waals surface area contributed by atoms with Crippen LogP contribution in [0.25, 0.3) is 0 Å². The zero-order chi connectivity index (χ0) is 24.7. The number of ether oxygens (including phenoxy) is 1. The molecule has 0 aromatic carbocycles. The van der Waals surface area contributed by atoms with E-state index in [0.29, 0.717) is 0 Å². The van der Waals surface area contributed by atoms with Crippen molar-refractivity contribution in [3.8, 4) is 0 Å². The van der Waals surface area contributed by atoms with E-state index in [9.17, 15) is 10.2 Å². The Hall–Kier alpha value is -0.0300. The summed E-state index contributed by atoms with van der Waals surface area (Å²) >= 11 is 1.83. The highest BCUT2D eigenvalue weighted by molar-refractivity contribution is 7.99. The number of aliphatic hydroxyl groups is 2. The van der Waals surface area contributed by atoms with Crippen LogP contribution in [0.4, 0.5) is 0 Å². The van der Waals surface area contributed by atoms with Crippen LogP contribution in [-0.2, 0) is 4.74 Å². The molecule has 1 rings (SSSR count). The van der Waals surface area contributed by atoms with Crippen molar-refractivity contribution >= 4 is 11.8 Å². The minimum absolute atomic E-state index is 0.113. The van der Waals surface area contributed by atoms with Crippen molar-refractivity contribution in [3.05, 3.63) is 12.7 Å². The lowest BCUT2D eigenvalue weighted by Gasteiger charge is -2.35. The fourth-order valence-corrected chi connectivity index (χ4v) is 6.12. The van der Waals surface area contributed by atoms with Crippen LogP contribution in [0.3, 0.4) is 0 Å². The molecule has 0 aliphatic carbocycles. The molecule has 0 aromatic heterocycles. The first-order valence-corrected chi connectivity index (χ1v) is 16.0. The monoisotopic (exact) mass is 498 g/mol. The van der Waals surface area contributed by atoms with Gasteiger partial charge >= 0.3 is 0 Å². The molecule has 34 heavy (non-hydrogen) atoms. The summed E-state index contributed by atoms with van der Waals surface area (Å²) in [6.07, 6.45) is 27.1. The third-order valence-corrected chi connectivity index (χ3v) is 8.41. The molecule has 1 aliphatic heterocycles. The van der Waals surface area contributed by atoms with Crippen LogP contribution in [-0.4, -0.2) is 46.1 Å². The lowest BCUT2D eigenvalue weighted by atomic mass is 10.0. The molecule has 202 valence electrons. The van der Waals surface area contributed by atoms with Gasteiger partial charge in [-0.3, -0.25) is 0 Å².